The third-order valence-corrected chi connectivity index (χ3v) is 4.32. The minimum atomic E-state index is -1.17. The second-order valence-electron chi connectivity index (χ2n) is 6.52. The van der Waals surface area contributed by atoms with Gasteiger partial charge in [-0.3, -0.25) is 9.59 Å². The van der Waals surface area contributed by atoms with Gasteiger partial charge in [-0.1, -0.05) is 29.3 Å². The molecular weight excluding hydrogens is 402 g/mol. The number of ketones is 1. The molecule has 0 heterocycles. The predicted molar refractivity (Wildman–Crippen MR) is 104 cm³/mol. The highest BCUT2D eigenvalue weighted by Crippen LogP contribution is 2.18. The van der Waals surface area contributed by atoms with Crippen molar-refractivity contribution >= 4 is 39.4 Å². The molecule has 0 bridgehead atoms. The molecule has 0 radical (unpaired) electrons. The third kappa shape index (κ3) is 6.76. The van der Waals surface area contributed by atoms with E-state index in [9.17, 15) is 14.4 Å². The van der Waals surface area contributed by atoms with Crippen LogP contribution in [0.2, 0.25) is 0 Å². The van der Waals surface area contributed by atoms with E-state index in [4.69, 9.17) is 10.5 Å². The first-order chi connectivity index (χ1) is 12.1. The van der Waals surface area contributed by atoms with E-state index in [0.717, 1.165) is 4.47 Å². The van der Waals surface area contributed by atoms with Gasteiger partial charge in [0.25, 0.3) is 0 Å². The lowest BCUT2D eigenvalue weighted by atomic mass is 9.90. The number of hydrogen-bond donors (Lipinski definition) is 3. The van der Waals surface area contributed by atoms with Crippen LogP contribution in [0.3, 0.4) is 0 Å². The van der Waals surface area contributed by atoms with Crippen LogP contribution >= 0.6 is 15.9 Å². The highest BCUT2D eigenvalue weighted by atomic mass is 79.9. The Morgan fingerprint density at radius 3 is 2.31 bits per heavy atom. The molecule has 0 fully saturated rings. The molecule has 2 atom stereocenters. The minimum absolute atomic E-state index is 0.385. The molecule has 0 saturated carbocycles. The number of esters is 1. The van der Waals surface area contributed by atoms with Gasteiger partial charge in [0, 0.05) is 17.1 Å². The van der Waals surface area contributed by atoms with Gasteiger partial charge in [-0.25, -0.2) is 4.79 Å². The molecule has 0 saturated heterocycles. The van der Waals surface area contributed by atoms with Gasteiger partial charge in [0.05, 0.1) is 6.04 Å². The molecule has 0 spiro atoms. The SMILES string of the molecule is CCC[C@H](NC(=O)Nc1ccc(Br)cc1)C(=O)C(N)C(C)(C)OC(C)=O. The highest BCUT2D eigenvalue weighted by Gasteiger charge is 2.38. The van der Waals surface area contributed by atoms with Gasteiger partial charge in [-0.2, -0.15) is 0 Å². The molecule has 0 aliphatic rings. The van der Waals surface area contributed by atoms with Crippen LogP contribution in [0.4, 0.5) is 10.5 Å². The number of rotatable bonds is 8. The van der Waals surface area contributed by atoms with Crippen LogP contribution in [0.25, 0.3) is 0 Å². The second-order valence-corrected chi connectivity index (χ2v) is 7.44. The lowest BCUT2D eigenvalue weighted by molar-refractivity contribution is -0.157. The second kappa shape index (κ2) is 9.68. The van der Waals surface area contributed by atoms with E-state index in [0.29, 0.717) is 18.5 Å². The molecule has 1 aromatic carbocycles. The lowest BCUT2D eigenvalue weighted by Gasteiger charge is -2.32. The van der Waals surface area contributed by atoms with Crippen molar-refractivity contribution < 1.29 is 19.1 Å². The number of nitrogens with two attached hydrogens (primary N) is 1. The molecule has 144 valence electrons. The summed E-state index contributed by atoms with van der Waals surface area (Å²) in [6.07, 6.45) is 1.10. The van der Waals surface area contributed by atoms with E-state index in [1.165, 1.54) is 6.92 Å². The van der Waals surface area contributed by atoms with E-state index in [1.807, 2.05) is 6.92 Å². The van der Waals surface area contributed by atoms with Gasteiger partial charge in [0.15, 0.2) is 5.78 Å². The van der Waals surface area contributed by atoms with Gasteiger partial charge in [-0.05, 0) is 44.5 Å². The monoisotopic (exact) mass is 427 g/mol. The Kier molecular flexibility index (Phi) is 8.23. The van der Waals surface area contributed by atoms with Gasteiger partial charge >= 0.3 is 12.0 Å². The summed E-state index contributed by atoms with van der Waals surface area (Å²) in [6, 6.07) is 4.71. The number of halogens is 1. The molecule has 4 N–H and O–H groups in total. The van der Waals surface area contributed by atoms with Crippen molar-refractivity contribution in [3.05, 3.63) is 28.7 Å². The smallest absolute Gasteiger partial charge is 0.319 e. The van der Waals surface area contributed by atoms with Crippen molar-refractivity contribution in [1.82, 2.24) is 5.32 Å². The third-order valence-electron chi connectivity index (χ3n) is 3.79. The van der Waals surface area contributed by atoms with Crippen LogP contribution in [0.15, 0.2) is 28.7 Å². The van der Waals surface area contributed by atoms with E-state index >= 15 is 0 Å². The van der Waals surface area contributed by atoms with E-state index in [1.54, 1.807) is 38.1 Å². The largest absolute Gasteiger partial charge is 0.458 e. The van der Waals surface area contributed by atoms with Crippen LogP contribution in [0.5, 0.6) is 0 Å². The van der Waals surface area contributed by atoms with E-state index in [2.05, 4.69) is 26.6 Å². The number of nitrogens with one attached hydrogen (secondary N) is 2. The normalized spacial score (nSPS) is 13.5. The summed E-state index contributed by atoms with van der Waals surface area (Å²) in [5.74, 6) is -0.907. The van der Waals surface area contributed by atoms with Crippen molar-refractivity contribution in [2.45, 2.75) is 58.2 Å². The molecule has 1 aromatic rings. The quantitative estimate of drug-likeness (QED) is 0.552. The molecule has 2 amide bonds. The molecular formula is C18H26BrN3O4. The molecule has 0 aliphatic heterocycles. The van der Waals surface area contributed by atoms with Gasteiger partial charge < -0.3 is 21.1 Å². The van der Waals surface area contributed by atoms with Gasteiger partial charge in [0.1, 0.15) is 11.6 Å². The summed E-state index contributed by atoms with van der Waals surface area (Å²) in [4.78, 5) is 36.2. The summed E-state index contributed by atoms with van der Waals surface area (Å²) >= 11 is 3.32. The zero-order valence-corrected chi connectivity index (χ0v) is 17.1. The Hall–Kier alpha value is -1.93. The van der Waals surface area contributed by atoms with Crippen LogP contribution in [-0.2, 0) is 14.3 Å². The standard InChI is InChI=1S/C18H26BrN3O4/c1-5-6-14(15(24)16(20)18(3,4)26-11(2)23)22-17(25)21-13-9-7-12(19)8-10-13/h7-10,14,16H,5-6,20H2,1-4H3,(H2,21,22,25)/t14-,16?/m0/s1. The van der Waals surface area contributed by atoms with Crippen LogP contribution in [0, 0.1) is 0 Å². The molecule has 8 heteroatoms. The lowest BCUT2D eigenvalue weighted by Crippen LogP contribution is -2.58. The van der Waals surface area contributed by atoms with Crippen molar-refractivity contribution in [1.29, 1.82) is 0 Å². The van der Waals surface area contributed by atoms with E-state index < -0.39 is 29.7 Å². The average Bonchev–Trinajstić information content (AvgIpc) is 2.54. The fourth-order valence-corrected chi connectivity index (χ4v) is 2.69. The number of ether oxygens (including phenoxy) is 1. The number of benzene rings is 1. The molecule has 0 aromatic heterocycles. The summed E-state index contributed by atoms with van der Waals surface area (Å²) in [6.45, 7) is 6.30. The van der Waals surface area contributed by atoms with Gasteiger partial charge in [-0.15, -0.1) is 0 Å². The van der Waals surface area contributed by atoms with Crippen LogP contribution in [-0.4, -0.2) is 35.5 Å². The maximum Gasteiger partial charge on any atom is 0.319 e. The topological polar surface area (TPSA) is 111 Å². The van der Waals surface area contributed by atoms with Crippen molar-refractivity contribution in [2.75, 3.05) is 5.32 Å². The Labute approximate surface area is 162 Å². The Balaban J connectivity index is 2.80. The van der Waals surface area contributed by atoms with E-state index in [-0.39, 0.29) is 5.78 Å². The number of anilines is 1. The summed E-state index contributed by atoms with van der Waals surface area (Å²) in [7, 11) is 0. The Bertz CT molecular complexity index is 646. The average molecular weight is 428 g/mol. The summed E-state index contributed by atoms with van der Waals surface area (Å²) < 4.78 is 6.03. The molecule has 0 aliphatic carbocycles. The first kappa shape index (κ1) is 22.1. The van der Waals surface area contributed by atoms with Gasteiger partial charge in [0.2, 0.25) is 0 Å². The fraction of sp³-hybridized carbons (Fsp3) is 0.500. The first-order valence-electron chi connectivity index (χ1n) is 8.38. The zero-order valence-electron chi connectivity index (χ0n) is 15.5. The molecule has 26 heavy (non-hydrogen) atoms. The molecule has 1 unspecified atom stereocenters. The molecule has 1 rings (SSSR count). The Morgan fingerprint density at radius 2 is 1.81 bits per heavy atom. The zero-order chi connectivity index (χ0) is 19.9. The molecule has 7 nitrogen and oxygen atoms in total. The number of Topliss-reactive ketones (excluding diaryl/α,β-unsaturated/α-hetero) is 1. The van der Waals surface area contributed by atoms with Crippen LogP contribution in [0.1, 0.15) is 40.5 Å². The maximum absolute atomic E-state index is 12.7. The number of carbonyl (C=O) groups excluding carboxylic acids is 3. The van der Waals surface area contributed by atoms with Crippen molar-refractivity contribution in [3.8, 4) is 0 Å². The van der Waals surface area contributed by atoms with Crippen molar-refractivity contribution in [2.24, 2.45) is 5.73 Å². The number of carbonyl (C=O) groups is 3. The van der Waals surface area contributed by atoms with Crippen molar-refractivity contribution in [3.63, 3.8) is 0 Å². The predicted octanol–water partition coefficient (Wildman–Crippen LogP) is 2.98. The number of amides is 2. The van der Waals surface area contributed by atoms with Crippen LogP contribution < -0.4 is 16.4 Å². The first-order valence-corrected chi connectivity index (χ1v) is 9.18. The number of hydrogen-bond acceptors (Lipinski definition) is 5. The fourth-order valence-electron chi connectivity index (χ4n) is 2.43. The highest BCUT2D eigenvalue weighted by molar-refractivity contribution is 9.10. The Morgan fingerprint density at radius 1 is 1.23 bits per heavy atom. The minimum Gasteiger partial charge on any atom is -0.458 e. The maximum atomic E-state index is 12.7. The summed E-state index contributed by atoms with van der Waals surface area (Å²) in [5, 5.41) is 5.33. The number of urea groups is 1. The summed E-state index contributed by atoms with van der Waals surface area (Å²) in [5.41, 5.74) is 5.44.